The van der Waals surface area contributed by atoms with Crippen molar-refractivity contribution in [2.45, 2.75) is 0 Å². The van der Waals surface area contributed by atoms with E-state index in [1.807, 2.05) is 0 Å². The molecule has 0 saturated carbocycles. The summed E-state index contributed by atoms with van der Waals surface area (Å²) in [4.78, 5) is 11.5. The Labute approximate surface area is 108 Å². The van der Waals surface area contributed by atoms with Crippen LogP contribution < -0.4 is 5.43 Å². The maximum atomic E-state index is 11.5. The van der Waals surface area contributed by atoms with Crippen LogP contribution in [0.25, 0.3) is 0 Å². The zero-order valence-electron chi connectivity index (χ0n) is 9.27. The molecule has 7 heteroatoms. The Morgan fingerprint density at radius 1 is 1.44 bits per heavy atom. The summed E-state index contributed by atoms with van der Waals surface area (Å²) in [5.41, 5.74) is 2.52. The molecule has 1 aromatic rings. The molecule has 0 bridgehead atoms. The second kappa shape index (κ2) is 6.24. The number of nitriles is 2. The normalized spacial score (nSPS) is 8.67. The number of halogens is 1. The van der Waals surface area contributed by atoms with Crippen molar-refractivity contribution in [3.8, 4) is 12.1 Å². The molecule has 0 spiro atoms. The van der Waals surface area contributed by atoms with Crippen molar-refractivity contribution < 1.29 is 9.53 Å². The first-order valence-electron chi connectivity index (χ1n) is 4.64. The van der Waals surface area contributed by atoms with E-state index < -0.39 is 5.97 Å². The molecule has 18 heavy (non-hydrogen) atoms. The van der Waals surface area contributed by atoms with Crippen LogP contribution in [0.2, 0.25) is 5.02 Å². The summed E-state index contributed by atoms with van der Waals surface area (Å²) in [5.74, 6) is -0.606. The predicted molar refractivity (Wildman–Crippen MR) is 65.1 cm³/mol. The Kier molecular flexibility index (Phi) is 4.67. The van der Waals surface area contributed by atoms with Crippen LogP contribution in [0, 0.1) is 22.7 Å². The van der Waals surface area contributed by atoms with Gasteiger partial charge in [-0.05, 0) is 18.2 Å². The SMILES string of the molecule is COC(=O)c1cc(Cl)ccc1NN=C(C#N)C#N. The van der Waals surface area contributed by atoms with Crippen molar-refractivity contribution in [3.05, 3.63) is 28.8 Å². The van der Waals surface area contributed by atoms with Gasteiger partial charge in [-0.1, -0.05) is 11.6 Å². The number of esters is 1. The average molecular weight is 263 g/mol. The molecule has 0 heterocycles. The highest BCUT2D eigenvalue weighted by Crippen LogP contribution is 2.21. The monoisotopic (exact) mass is 262 g/mol. The molecule has 0 amide bonds. The van der Waals surface area contributed by atoms with Gasteiger partial charge in [0.25, 0.3) is 0 Å². The number of nitrogens with one attached hydrogen (secondary N) is 1. The van der Waals surface area contributed by atoms with E-state index in [2.05, 4.69) is 15.3 Å². The number of hydrazone groups is 1. The number of rotatable bonds is 3. The molecule has 6 nitrogen and oxygen atoms in total. The van der Waals surface area contributed by atoms with Gasteiger partial charge in [-0.25, -0.2) is 4.79 Å². The fraction of sp³-hybridized carbons (Fsp3) is 0.0909. The van der Waals surface area contributed by atoms with Crippen molar-refractivity contribution in [2.75, 3.05) is 12.5 Å². The Morgan fingerprint density at radius 3 is 2.67 bits per heavy atom. The molecule has 1 N–H and O–H groups in total. The standard InChI is InChI=1S/C11H7ClN4O2/c1-18-11(17)9-4-7(12)2-3-10(9)16-15-8(5-13)6-14/h2-4,16H,1H3. The molecular formula is C11H7ClN4O2. The highest BCUT2D eigenvalue weighted by atomic mass is 35.5. The summed E-state index contributed by atoms with van der Waals surface area (Å²) in [6.07, 6.45) is 0. The number of nitrogens with zero attached hydrogens (tertiary/aromatic N) is 3. The van der Waals surface area contributed by atoms with E-state index in [9.17, 15) is 4.79 Å². The van der Waals surface area contributed by atoms with Crippen LogP contribution in [0.3, 0.4) is 0 Å². The summed E-state index contributed by atoms with van der Waals surface area (Å²) < 4.78 is 4.58. The smallest absolute Gasteiger partial charge is 0.340 e. The number of anilines is 1. The van der Waals surface area contributed by atoms with E-state index in [0.717, 1.165) is 0 Å². The van der Waals surface area contributed by atoms with Crippen molar-refractivity contribution in [1.29, 1.82) is 10.5 Å². The molecule has 0 atom stereocenters. The lowest BCUT2D eigenvalue weighted by molar-refractivity contribution is 0.0602. The quantitative estimate of drug-likeness (QED) is 0.510. The van der Waals surface area contributed by atoms with Crippen LogP contribution in [0.1, 0.15) is 10.4 Å². The van der Waals surface area contributed by atoms with Crippen LogP contribution in [-0.4, -0.2) is 18.8 Å². The topological polar surface area (TPSA) is 98.3 Å². The Morgan fingerprint density at radius 2 is 2.11 bits per heavy atom. The lowest BCUT2D eigenvalue weighted by Crippen LogP contribution is -2.06. The zero-order chi connectivity index (χ0) is 13.5. The minimum absolute atomic E-state index is 0.156. The molecule has 0 aliphatic carbocycles. The molecule has 0 unspecified atom stereocenters. The van der Waals surface area contributed by atoms with Crippen LogP contribution in [-0.2, 0) is 4.74 Å². The maximum absolute atomic E-state index is 11.5. The van der Waals surface area contributed by atoms with Crippen molar-refractivity contribution in [1.82, 2.24) is 0 Å². The van der Waals surface area contributed by atoms with Crippen LogP contribution in [0.4, 0.5) is 5.69 Å². The summed E-state index contributed by atoms with van der Waals surface area (Å²) in [6, 6.07) is 7.58. The largest absolute Gasteiger partial charge is 0.465 e. The third-order valence-corrected chi connectivity index (χ3v) is 2.12. The molecule has 1 rings (SSSR count). The summed E-state index contributed by atoms with van der Waals surface area (Å²) in [6.45, 7) is 0. The van der Waals surface area contributed by atoms with E-state index in [1.165, 1.54) is 25.3 Å². The van der Waals surface area contributed by atoms with Crippen molar-refractivity contribution >= 4 is 29.0 Å². The van der Waals surface area contributed by atoms with Gasteiger partial charge in [0.1, 0.15) is 12.1 Å². The molecular weight excluding hydrogens is 256 g/mol. The maximum Gasteiger partial charge on any atom is 0.340 e. The summed E-state index contributed by atoms with van der Waals surface area (Å²) in [5, 5.41) is 20.9. The minimum atomic E-state index is -0.606. The van der Waals surface area contributed by atoms with Gasteiger partial charge < -0.3 is 4.74 Å². The van der Waals surface area contributed by atoms with Crippen LogP contribution in [0.15, 0.2) is 23.3 Å². The highest BCUT2D eigenvalue weighted by molar-refractivity contribution is 6.31. The third-order valence-electron chi connectivity index (χ3n) is 1.89. The van der Waals surface area contributed by atoms with Gasteiger partial charge in [0.15, 0.2) is 0 Å². The molecule has 0 aliphatic rings. The lowest BCUT2D eigenvalue weighted by atomic mass is 10.2. The number of ether oxygens (including phenoxy) is 1. The Hall–Kier alpha value is -2.57. The number of benzene rings is 1. The van der Waals surface area contributed by atoms with Gasteiger partial charge in [0.05, 0.1) is 18.4 Å². The zero-order valence-corrected chi connectivity index (χ0v) is 10.0. The van der Waals surface area contributed by atoms with E-state index in [4.69, 9.17) is 22.1 Å². The second-order valence-corrected chi connectivity index (χ2v) is 3.41. The van der Waals surface area contributed by atoms with E-state index in [1.54, 1.807) is 12.1 Å². The average Bonchev–Trinajstić information content (AvgIpc) is 2.40. The number of carbonyl (C=O) groups excluding carboxylic acids is 1. The molecule has 0 saturated heterocycles. The van der Waals surface area contributed by atoms with Gasteiger partial charge >= 0.3 is 5.97 Å². The molecule has 1 aromatic carbocycles. The first kappa shape index (κ1) is 13.5. The van der Waals surface area contributed by atoms with E-state index in [-0.39, 0.29) is 17.0 Å². The van der Waals surface area contributed by atoms with Gasteiger partial charge in [-0.15, -0.1) is 0 Å². The molecule has 90 valence electrons. The van der Waals surface area contributed by atoms with Crippen LogP contribution in [0.5, 0.6) is 0 Å². The molecule has 0 aromatic heterocycles. The van der Waals surface area contributed by atoms with Gasteiger partial charge in [0.2, 0.25) is 5.71 Å². The molecule has 0 fully saturated rings. The number of hydrogen-bond acceptors (Lipinski definition) is 6. The van der Waals surface area contributed by atoms with Crippen molar-refractivity contribution in [2.24, 2.45) is 5.10 Å². The molecule has 0 radical (unpaired) electrons. The summed E-state index contributed by atoms with van der Waals surface area (Å²) >= 11 is 5.76. The van der Waals surface area contributed by atoms with Crippen LogP contribution >= 0.6 is 11.6 Å². The van der Waals surface area contributed by atoms with E-state index in [0.29, 0.717) is 5.02 Å². The predicted octanol–water partition coefficient (Wildman–Crippen LogP) is 1.94. The molecule has 0 aliphatic heterocycles. The van der Waals surface area contributed by atoms with Crippen molar-refractivity contribution in [3.63, 3.8) is 0 Å². The fourth-order valence-corrected chi connectivity index (χ4v) is 1.26. The third kappa shape index (κ3) is 3.21. The fourth-order valence-electron chi connectivity index (χ4n) is 1.08. The Balaban J connectivity index is 3.11. The summed E-state index contributed by atoms with van der Waals surface area (Å²) in [7, 11) is 1.23. The lowest BCUT2D eigenvalue weighted by Gasteiger charge is -2.07. The van der Waals surface area contributed by atoms with Gasteiger partial charge in [0, 0.05) is 5.02 Å². The number of methoxy groups -OCH3 is 1. The van der Waals surface area contributed by atoms with Gasteiger partial charge in [-0.2, -0.15) is 15.6 Å². The first-order chi connectivity index (χ1) is 8.62. The van der Waals surface area contributed by atoms with Gasteiger partial charge in [-0.3, -0.25) is 5.43 Å². The number of hydrogen-bond donors (Lipinski definition) is 1. The minimum Gasteiger partial charge on any atom is -0.465 e. The second-order valence-electron chi connectivity index (χ2n) is 2.98. The first-order valence-corrected chi connectivity index (χ1v) is 5.02. The number of carbonyl (C=O) groups is 1. The van der Waals surface area contributed by atoms with E-state index >= 15 is 0 Å². The highest BCUT2D eigenvalue weighted by Gasteiger charge is 2.12. The Bertz CT molecular complexity index is 568.